The first-order valence-electron chi connectivity index (χ1n) is 7.40. The van der Waals surface area contributed by atoms with Crippen molar-refractivity contribution < 1.29 is 14.7 Å². The van der Waals surface area contributed by atoms with Crippen LogP contribution in [0.3, 0.4) is 0 Å². The predicted octanol–water partition coefficient (Wildman–Crippen LogP) is 2.81. The minimum absolute atomic E-state index is 0.279. The number of rotatable bonds is 4. The van der Waals surface area contributed by atoms with Gasteiger partial charge >= 0.3 is 0 Å². The zero-order chi connectivity index (χ0) is 16.4. The van der Waals surface area contributed by atoms with Crippen molar-refractivity contribution in [3.8, 4) is 0 Å². The van der Waals surface area contributed by atoms with Gasteiger partial charge in [-0.2, -0.15) is 0 Å². The maximum Gasteiger partial charge on any atom is 0.261 e. The van der Waals surface area contributed by atoms with Crippen molar-refractivity contribution >= 4 is 23.5 Å². The van der Waals surface area contributed by atoms with Gasteiger partial charge in [-0.05, 0) is 24.6 Å². The summed E-state index contributed by atoms with van der Waals surface area (Å²) in [5.41, 5.74) is 1.03. The highest BCUT2D eigenvalue weighted by Crippen LogP contribution is 2.39. The van der Waals surface area contributed by atoms with Crippen molar-refractivity contribution in [1.82, 2.24) is 0 Å². The van der Waals surface area contributed by atoms with Crippen molar-refractivity contribution in [2.45, 2.75) is 18.9 Å². The molecule has 2 N–H and O–H groups in total. The first-order valence-corrected chi connectivity index (χ1v) is 7.40. The summed E-state index contributed by atoms with van der Waals surface area (Å²) >= 11 is 0. The molecule has 1 aliphatic heterocycles. The van der Waals surface area contributed by atoms with Crippen molar-refractivity contribution in [1.29, 1.82) is 0 Å². The number of carbonyl (C=O) groups is 2. The SMILES string of the molecule is Cc1ccc2c(c1)[C@@](O)(CC(=O)C=Cc1ccccc1)C(=O)N2. The number of hydrogen-bond donors (Lipinski definition) is 2. The van der Waals surface area contributed by atoms with E-state index in [2.05, 4.69) is 5.32 Å². The van der Waals surface area contributed by atoms with Crippen molar-refractivity contribution in [3.05, 3.63) is 71.3 Å². The van der Waals surface area contributed by atoms with Crippen LogP contribution >= 0.6 is 0 Å². The van der Waals surface area contributed by atoms with Crippen LogP contribution in [-0.4, -0.2) is 16.8 Å². The highest BCUT2D eigenvalue weighted by atomic mass is 16.3. The van der Waals surface area contributed by atoms with E-state index in [4.69, 9.17) is 0 Å². The molecule has 2 aromatic rings. The predicted molar refractivity (Wildman–Crippen MR) is 88.8 cm³/mol. The van der Waals surface area contributed by atoms with Gasteiger partial charge < -0.3 is 10.4 Å². The van der Waals surface area contributed by atoms with Crippen LogP contribution < -0.4 is 5.32 Å². The number of carbonyl (C=O) groups excluding carboxylic acids is 2. The lowest BCUT2D eigenvalue weighted by atomic mass is 9.89. The average Bonchev–Trinajstić information content (AvgIpc) is 2.78. The van der Waals surface area contributed by atoms with Crippen LogP contribution in [0, 0.1) is 6.92 Å². The number of nitrogens with one attached hydrogen (secondary N) is 1. The second kappa shape index (κ2) is 5.82. The highest BCUT2D eigenvalue weighted by molar-refractivity contribution is 6.08. The van der Waals surface area contributed by atoms with Gasteiger partial charge in [-0.1, -0.05) is 54.1 Å². The van der Waals surface area contributed by atoms with E-state index in [1.54, 1.807) is 18.2 Å². The molecule has 0 saturated carbocycles. The number of fused-ring (bicyclic) bond motifs is 1. The molecule has 2 aromatic carbocycles. The Balaban J connectivity index is 1.82. The Bertz CT molecular complexity index is 796. The molecule has 4 heteroatoms. The Morgan fingerprint density at radius 3 is 2.70 bits per heavy atom. The fraction of sp³-hybridized carbons (Fsp3) is 0.158. The molecule has 4 nitrogen and oxygen atoms in total. The molecule has 0 aliphatic carbocycles. The summed E-state index contributed by atoms with van der Waals surface area (Å²) < 4.78 is 0. The Morgan fingerprint density at radius 1 is 1.22 bits per heavy atom. The van der Waals surface area contributed by atoms with E-state index in [-0.39, 0.29) is 12.2 Å². The van der Waals surface area contributed by atoms with E-state index in [9.17, 15) is 14.7 Å². The molecule has 0 aromatic heterocycles. The van der Waals surface area contributed by atoms with Gasteiger partial charge in [-0.3, -0.25) is 9.59 Å². The molecule has 23 heavy (non-hydrogen) atoms. The molecule has 1 heterocycles. The number of allylic oxidation sites excluding steroid dienone is 1. The molecule has 3 rings (SSSR count). The number of aryl methyl sites for hydroxylation is 1. The van der Waals surface area contributed by atoms with Gasteiger partial charge in [0.1, 0.15) is 0 Å². The fourth-order valence-corrected chi connectivity index (χ4v) is 2.70. The molecule has 0 fully saturated rings. The van der Waals surface area contributed by atoms with E-state index in [1.165, 1.54) is 6.08 Å². The number of ketones is 1. The zero-order valence-corrected chi connectivity index (χ0v) is 12.7. The summed E-state index contributed by atoms with van der Waals surface area (Å²) in [7, 11) is 0. The molecule has 1 atom stereocenters. The first-order chi connectivity index (χ1) is 11.0. The summed E-state index contributed by atoms with van der Waals surface area (Å²) in [6, 6.07) is 14.7. The molecule has 1 amide bonds. The minimum atomic E-state index is -1.81. The number of amides is 1. The van der Waals surface area contributed by atoms with Gasteiger partial charge in [-0.25, -0.2) is 0 Å². The van der Waals surface area contributed by atoms with Gasteiger partial charge in [0.2, 0.25) is 0 Å². The van der Waals surface area contributed by atoms with E-state index >= 15 is 0 Å². The maximum absolute atomic E-state index is 12.2. The Hall–Kier alpha value is -2.72. The van der Waals surface area contributed by atoms with E-state index in [0.717, 1.165) is 11.1 Å². The first kappa shape index (κ1) is 15.2. The summed E-state index contributed by atoms with van der Waals surface area (Å²) in [6.45, 7) is 1.88. The Morgan fingerprint density at radius 2 is 1.96 bits per heavy atom. The van der Waals surface area contributed by atoms with E-state index < -0.39 is 11.5 Å². The van der Waals surface area contributed by atoms with Crippen LogP contribution in [0.5, 0.6) is 0 Å². The molecule has 0 unspecified atom stereocenters. The molecule has 1 aliphatic rings. The standard InChI is InChI=1S/C19H17NO3/c1-13-7-10-17-16(11-13)19(23,18(22)20-17)12-15(21)9-8-14-5-3-2-4-6-14/h2-11,23H,12H2,1H3,(H,20,22)/t19-/m0/s1. The fourth-order valence-electron chi connectivity index (χ4n) is 2.70. The topological polar surface area (TPSA) is 66.4 Å². The van der Waals surface area contributed by atoms with Crippen LogP contribution in [-0.2, 0) is 15.2 Å². The average molecular weight is 307 g/mol. The van der Waals surface area contributed by atoms with Crippen molar-refractivity contribution in [2.75, 3.05) is 5.32 Å². The zero-order valence-electron chi connectivity index (χ0n) is 12.7. The van der Waals surface area contributed by atoms with Gasteiger partial charge in [0.05, 0.1) is 6.42 Å². The molecular weight excluding hydrogens is 290 g/mol. The summed E-state index contributed by atoms with van der Waals surface area (Å²) in [6.07, 6.45) is 2.79. The molecule has 0 saturated heterocycles. The second-order valence-electron chi connectivity index (χ2n) is 5.75. The lowest BCUT2D eigenvalue weighted by Gasteiger charge is -2.19. The molecular formula is C19H17NO3. The molecule has 0 radical (unpaired) electrons. The summed E-state index contributed by atoms with van der Waals surface area (Å²) in [4.78, 5) is 24.3. The maximum atomic E-state index is 12.2. The molecule has 0 spiro atoms. The van der Waals surface area contributed by atoms with Crippen LogP contribution in [0.15, 0.2) is 54.6 Å². The number of hydrogen-bond acceptors (Lipinski definition) is 3. The Labute approximate surface area is 134 Å². The molecule has 116 valence electrons. The van der Waals surface area contributed by atoms with Crippen LogP contribution in [0.4, 0.5) is 5.69 Å². The monoisotopic (exact) mass is 307 g/mol. The quantitative estimate of drug-likeness (QED) is 0.854. The van der Waals surface area contributed by atoms with Crippen LogP contribution in [0.2, 0.25) is 0 Å². The second-order valence-corrected chi connectivity index (χ2v) is 5.75. The smallest absolute Gasteiger partial charge is 0.261 e. The lowest BCUT2D eigenvalue weighted by molar-refractivity contribution is -0.138. The highest BCUT2D eigenvalue weighted by Gasteiger charge is 2.46. The third kappa shape index (κ3) is 2.94. The van der Waals surface area contributed by atoms with Gasteiger partial charge in [0, 0.05) is 11.3 Å². The van der Waals surface area contributed by atoms with E-state index in [0.29, 0.717) is 11.3 Å². The third-order valence-corrected chi connectivity index (χ3v) is 3.94. The summed E-state index contributed by atoms with van der Waals surface area (Å²) in [5, 5.41) is 13.4. The molecule has 0 bridgehead atoms. The number of aliphatic hydroxyl groups is 1. The Kier molecular flexibility index (Phi) is 3.84. The van der Waals surface area contributed by atoms with Crippen LogP contribution in [0.25, 0.3) is 6.08 Å². The van der Waals surface area contributed by atoms with Gasteiger partial charge in [-0.15, -0.1) is 0 Å². The van der Waals surface area contributed by atoms with E-state index in [1.807, 2.05) is 43.3 Å². The van der Waals surface area contributed by atoms with Crippen molar-refractivity contribution in [3.63, 3.8) is 0 Å². The number of benzene rings is 2. The third-order valence-electron chi connectivity index (χ3n) is 3.94. The summed E-state index contributed by atoms with van der Waals surface area (Å²) in [5.74, 6) is -0.861. The van der Waals surface area contributed by atoms with Crippen LogP contribution in [0.1, 0.15) is 23.1 Å². The largest absolute Gasteiger partial charge is 0.375 e. The lowest BCUT2D eigenvalue weighted by Crippen LogP contribution is -2.36. The van der Waals surface area contributed by atoms with Gasteiger partial charge in [0.25, 0.3) is 5.91 Å². The minimum Gasteiger partial charge on any atom is -0.375 e. The van der Waals surface area contributed by atoms with Gasteiger partial charge in [0.15, 0.2) is 11.4 Å². The van der Waals surface area contributed by atoms with Crippen molar-refractivity contribution in [2.24, 2.45) is 0 Å². The normalized spacial score (nSPS) is 19.7. The number of anilines is 1.